The van der Waals surface area contributed by atoms with Crippen LogP contribution < -0.4 is 10.6 Å². The van der Waals surface area contributed by atoms with Crippen LogP contribution in [0.1, 0.15) is 18.5 Å². The summed E-state index contributed by atoms with van der Waals surface area (Å²) in [7, 11) is 3.75. The second-order valence-electron chi connectivity index (χ2n) is 3.36. The maximum atomic E-state index is 13.4. The second kappa shape index (κ2) is 3.75. The standard InChI is InChI=1S/C10H15FN2/c1-7(12)10-8(11)5-4-6-9(10)13(2)3/h4-7H,12H2,1-3H3. The third kappa shape index (κ3) is 1.98. The molecule has 0 aromatic heterocycles. The first kappa shape index (κ1) is 9.99. The van der Waals surface area contributed by atoms with Crippen LogP contribution in [0.4, 0.5) is 10.1 Å². The number of halogens is 1. The van der Waals surface area contributed by atoms with Gasteiger partial charge in [0.25, 0.3) is 0 Å². The zero-order chi connectivity index (χ0) is 10.0. The average molecular weight is 182 g/mol. The first-order chi connectivity index (χ1) is 6.04. The SMILES string of the molecule is CC(N)c1c(F)cccc1N(C)C. The molecule has 1 unspecified atom stereocenters. The second-order valence-corrected chi connectivity index (χ2v) is 3.36. The van der Waals surface area contributed by atoms with Crippen molar-refractivity contribution in [2.45, 2.75) is 13.0 Å². The van der Waals surface area contributed by atoms with Crippen molar-refractivity contribution in [2.24, 2.45) is 5.73 Å². The van der Waals surface area contributed by atoms with Crippen LogP contribution in [0.25, 0.3) is 0 Å². The fraction of sp³-hybridized carbons (Fsp3) is 0.400. The third-order valence-corrected chi connectivity index (χ3v) is 1.97. The van der Waals surface area contributed by atoms with E-state index in [2.05, 4.69) is 0 Å². The maximum absolute atomic E-state index is 13.4. The van der Waals surface area contributed by atoms with E-state index < -0.39 is 0 Å². The molecule has 0 aliphatic carbocycles. The minimum absolute atomic E-state index is 0.235. The van der Waals surface area contributed by atoms with E-state index in [9.17, 15) is 4.39 Å². The molecule has 0 bridgehead atoms. The van der Waals surface area contributed by atoms with Crippen molar-refractivity contribution in [3.63, 3.8) is 0 Å². The lowest BCUT2D eigenvalue weighted by Crippen LogP contribution is -2.16. The van der Waals surface area contributed by atoms with Crippen molar-refractivity contribution in [1.82, 2.24) is 0 Å². The van der Waals surface area contributed by atoms with Crippen LogP contribution in [0, 0.1) is 5.82 Å². The van der Waals surface area contributed by atoms with E-state index in [0.29, 0.717) is 5.56 Å². The highest BCUT2D eigenvalue weighted by Gasteiger charge is 2.12. The van der Waals surface area contributed by atoms with Crippen molar-refractivity contribution < 1.29 is 4.39 Å². The third-order valence-electron chi connectivity index (χ3n) is 1.97. The van der Waals surface area contributed by atoms with Crippen molar-refractivity contribution in [1.29, 1.82) is 0 Å². The van der Waals surface area contributed by atoms with Crippen molar-refractivity contribution >= 4 is 5.69 Å². The molecular weight excluding hydrogens is 167 g/mol. The molecule has 0 fully saturated rings. The summed E-state index contributed by atoms with van der Waals surface area (Å²) in [6.45, 7) is 1.78. The van der Waals surface area contributed by atoms with Crippen LogP contribution in [-0.4, -0.2) is 14.1 Å². The van der Waals surface area contributed by atoms with Gasteiger partial charge in [0.1, 0.15) is 5.82 Å². The van der Waals surface area contributed by atoms with E-state index in [1.807, 2.05) is 25.1 Å². The van der Waals surface area contributed by atoms with Gasteiger partial charge in [0.2, 0.25) is 0 Å². The van der Waals surface area contributed by atoms with Crippen LogP contribution in [0.3, 0.4) is 0 Å². The summed E-state index contributed by atoms with van der Waals surface area (Å²) in [6.07, 6.45) is 0. The highest BCUT2D eigenvalue weighted by atomic mass is 19.1. The number of benzene rings is 1. The van der Waals surface area contributed by atoms with E-state index in [4.69, 9.17) is 5.73 Å². The summed E-state index contributed by atoms with van der Waals surface area (Å²) in [4.78, 5) is 1.86. The highest BCUT2D eigenvalue weighted by Crippen LogP contribution is 2.25. The summed E-state index contributed by atoms with van der Waals surface area (Å²) in [5.41, 5.74) is 7.11. The fourth-order valence-electron chi connectivity index (χ4n) is 1.37. The molecule has 1 rings (SSSR count). The average Bonchev–Trinajstić information content (AvgIpc) is 2.02. The van der Waals surface area contributed by atoms with Gasteiger partial charge in [0.05, 0.1) is 0 Å². The number of nitrogens with zero attached hydrogens (tertiary/aromatic N) is 1. The van der Waals surface area contributed by atoms with E-state index >= 15 is 0 Å². The topological polar surface area (TPSA) is 29.3 Å². The number of hydrogen-bond acceptors (Lipinski definition) is 2. The molecule has 0 spiro atoms. The molecule has 1 aromatic carbocycles. The Balaban J connectivity index is 3.26. The molecule has 0 saturated heterocycles. The molecule has 2 N–H and O–H groups in total. The van der Waals surface area contributed by atoms with E-state index in [0.717, 1.165) is 5.69 Å². The molecule has 13 heavy (non-hydrogen) atoms. The lowest BCUT2D eigenvalue weighted by atomic mass is 10.1. The molecule has 3 heteroatoms. The first-order valence-corrected chi connectivity index (χ1v) is 4.25. The predicted octanol–water partition coefficient (Wildman–Crippen LogP) is 1.91. The molecule has 0 aliphatic heterocycles. The van der Waals surface area contributed by atoms with Gasteiger partial charge in [0, 0.05) is 31.4 Å². The van der Waals surface area contributed by atoms with Gasteiger partial charge in [-0.05, 0) is 19.1 Å². The largest absolute Gasteiger partial charge is 0.377 e. The summed E-state index contributed by atoms with van der Waals surface area (Å²) in [5, 5.41) is 0. The van der Waals surface area contributed by atoms with E-state index in [1.54, 1.807) is 13.0 Å². The van der Waals surface area contributed by atoms with Crippen LogP contribution >= 0.6 is 0 Å². The normalized spacial score (nSPS) is 12.7. The minimum atomic E-state index is -0.279. The number of rotatable bonds is 2. The van der Waals surface area contributed by atoms with Gasteiger partial charge in [-0.25, -0.2) is 4.39 Å². The van der Waals surface area contributed by atoms with Crippen LogP contribution in [0.5, 0.6) is 0 Å². The van der Waals surface area contributed by atoms with Crippen molar-refractivity contribution in [3.05, 3.63) is 29.6 Å². The maximum Gasteiger partial charge on any atom is 0.130 e. The molecule has 2 nitrogen and oxygen atoms in total. The molecule has 0 radical (unpaired) electrons. The quantitative estimate of drug-likeness (QED) is 0.757. The van der Waals surface area contributed by atoms with Gasteiger partial charge in [-0.15, -0.1) is 0 Å². The predicted molar refractivity (Wildman–Crippen MR) is 53.3 cm³/mol. The number of hydrogen-bond donors (Lipinski definition) is 1. The summed E-state index contributed by atoms with van der Waals surface area (Å²) < 4.78 is 13.4. The Morgan fingerprint density at radius 1 is 1.38 bits per heavy atom. The molecule has 0 heterocycles. The van der Waals surface area contributed by atoms with Crippen LogP contribution in [-0.2, 0) is 0 Å². The Hall–Kier alpha value is -1.09. The van der Waals surface area contributed by atoms with Gasteiger partial charge in [-0.2, -0.15) is 0 Å². The molecule has 1 atom stereocenters. The van der Waals surface area contributed by atoms with Gasteiger partial charge >= 0.3 is 0 Å². The van der Waals surface area contributed by atoms with Crippen molar-refractivity contribution in [2.75, 3.05) is 19.0 Å². The smallest absolute Gasteiger partial charge is 0.130 e. The molecule has 0 amide bonds. The monoisotopic (exact) mass is 182 g/mol. The summed E-state index contributed by atoms with van der Waals surface area (Å²) in [5.74, 6) is -0.235. The van der Waals surface area contributed by atoms with Crippen molar-refractivity contribution in [3.8, 4) is 0 Å². The van der Waals surface area contributed by atoms with Crippen LogP contribution in [0.15, 0.2) is 18.2 Å². The Kier molecular flexibility index (Phi) is 2.88. The number of nitrogens with two attached hydrogens (primary N) is 1. The van der Waals surface area contributed by atoms with Gasteiger partial charge < -0.3 is 10.6 Å². The Morgan fingerprint density at radius 2 is 2.00 bits per heavy atom. The lowest BCUT2D eigenvalue weighted by Gasteiger charge is -2.19. The van der Waals surface area contributed by atoms with Gasteiger partial charge in [-0.1, -0.05) is 6.07 Å². The molecule has 0 saturated carbocycles. The summed E-state index contributed by atoms with van der Waals surface area (Å²) in [6, 6.07) is 4.71. The first-order valence-electron chi connectivity index (χ1n) is 4.25. The fourth-order valence-corrected chi connectivity index (χ4v) is 1.37. The summed E-state index contributed by atoms with van der Waals surface area (Å²) >= 11 is 0. The zero-order valence-corrected chi connectivity index (χ0v) is 8.21. The molecule has 0 aliphatic rings. The molecular formula is C10H15FN2. The Labute approximate surface area is 78.2 Å². The van der Waals surface area contributed by atoms with Crippen LogP contribution in [0.2, 0.25) is 0 Å². The molecule has 72 valence electrons. The minimum Gasteiger partial charge on any atom is -0.377 e. The Bertz CT molecular complexity index is 295. The highest BCUT2D eigenvalue weighted by molar-refractivity contribution is 5.54. The Morgan fingerprint density at radius 3 is 2.38 bits per heavy atom. The van der Waals surface area contributed by atoms with Gasteiger partial charge in [-0.3, -0.25) is 0 Å². The van der Waals surface area contributed by atoms with E-state index in [-0.39, 0.29) is 11.9 Å². The van der Waals surface area contributed by atoms with E-state index in [1.165, 1.54) is 6.07 Å². The van der Waals surface area contributed by atoms with Gasteiger partial charge in [0.15, 0.2) is 0 Å². The zero-order valence-electron chi connectivity index (χ0n) is 8.21. The lowest BCUT2D eigenvalue weighted by molar-refractivity contribution is 0.593. The number of anilines is 1. The molecule has 1 aromatic rings.